The Morgan fingerprint density at radius 3 is 2.81 bits per heavy atom. The van der Waals surface area contributed by atoms with Gasteiger partial charge < -0.3 is 10.6 Å². The normalized spacial score (nSPS) is 10.6. The molecule has 0 amide bonds. The van der Waals surface area contributed by atoms with Crippen LogP contribution in [0.2, 0.25) is 0 Å². The van der Waals surface area contributed by atoms with Gasteiger partial charge in [0, 0.05) is 24.7 Å². The Hall–Kier alpha value is -1.61. The largest absolute Gasteiger partial charge is 0.388 e. The van der Waals surface area contributed by atoms with Gasteiger partial charge >= 0.3 is 0 Å². The zero-order valence-corrected chi connectivity index (χ0v) is 9.75. The lowest BCUT2D eigenvalue weighted by Crippen LogP contribution is -2.13. The third-order valence-electron chi connectivity index (χ3n) is 2.59. The standard InChI is InChI=1S/C13H17N3/c1-3-15-9-10-8-13(14-2)11-6-4-5-7-12(11)16-10/h4-8,15H,3,9H2,1-2H3,(H,14,16). The van der Waals surface area contributed by atoms with E-state index in [9.17, 15) is 0 Å². The Balaban J connectivity index is 2.46. The number of hydrogen-bond donors (Lipinski definition) is 2. The molecule has 0 saturated carbocycles. The van der Waals surface area contributed by atoms with E-state index in [-0.39, 0.29) is 0 Å². The van der Waals surface area contributed by atoms with Crippen molar-refractivity contribution >= 4 is 16.6 Å². The Morgan fingerprint density at radius 1 is 1.25 bits per heavy atom. The number of aromatic nitrogens is 1. The molecule has 0 fully saturated rings. The van der Waals surface area contributed by atoms with Crippen LogP contribution in [0.4, 0.5) is 5.69 Å². The molecule has 84 valence electrons. The molecule has 3 heteroatoms. The summed E-state index contributed by atoms with van der Waals surface area (Å²) in [6.45, 7) is 3.87. The highest BCUT2D eigenvalue weighted by Crippen LogP contribution is 2.22. The predicted molar refractivity (Wildman–Crippen MR) is 68.7 cm³/mol. The van der Waals surface area contributed by atoms with Gasteiger partial charge in [0.05, 0.1) is 11.2 Å². The maximum Gasteiger partial charge on any atom is 0.0726 e. The van der Waals surface area contributed by atoms with Crippen LogP contribution in [0.3, 0.4) is 0 Å². The second-order valence-corrected chi connectivity index (χ2v) is 3.71. The van der Waals surface area contributed by atoms with Crippen molar-refractivity contribution < 1.29 is 0 Å². The number of pyridine rings is 1. The first kappa shape index (κ1) is 10.9. The van der Waals surface area contributed by atoms with Gasteiger partial charge in [-0.15, -0.1) is 0 Å². The minimum absolute atomic E-state index is 0.815. The number of nitrogens with one attached hydrogen (secondary N) is 2. The second kappa shape index (κ2) is 4.94. The third kappa shape index (κ3) is 2.14. The summed E-state index contributed by atoms with van der Waals surface area (Å²) < 4.78 is 0. The molecule has 2 N–H and O–H groups in total. The number of rotatable bonds is 4. The lowest BCUT2D eigenvalue weighted by Gasteiger charge is -2.09. The molecule has 0 aliphatic heterocycles. The molecule has 0 unspecified atom stereocenters. The molecule has 2 aromatic rings. The Labute approximate surface area is 95.9 Å². The van der Waals surface area contributed by atoms with Crippen LogP contribution in [0.1, 0.15) is 12.6 Å². The van der Waals surface area contributed by atoms with E-state index in [0.717, 1.165) is 30.0 Å². The summed E-state index contributed by atoms with van der Waals surface area (Å²) in [4.78, 5) is 4.62. The number of benzene rings is 1. The molecular weight excluding hydrogens is 198 g/mol. The first-order chi connectivity index (χ1) is 7.85. The van der Waals surface area contributed by atoms with E-state index < -0.39 is 0 Å². The molecule has 0 aliphatic carbocycles. The van der Waals surface area contributed by atoms with Crippen LogP contribution in [0.15, 0.2) is 30.3 Å². The highest BCUT2D eigenvalue weighted by atomic mass is 14.9. The fourth-order valence-corrected chi connectivity index (χ4v) is 1.78. The van der Waals surface area contributed by atoms with Crippen molar-refractivity contribution in [1.82, 2.24) is 10.3 Å². The van der Waals surface area contributed by atoms with Gasteiger partial charge in [0.1, 0.15) is 0 Å². The molecule has 16 heavy (non-hydrogen) atoms. The van der Waals surface area contributed by atoms with E-state index in [1.54, 1.807) is 0 Å². The van der Waals surface area contributed by atoms with Crippen LogP contribution in [0.25, 0.3) is 10.9 Å². The zero-order chi connectivity index (χ0) is 11.4. The smallest absolute Gasteiger partial charge is 0.0726 e. The topological polar surface area (TPSA) is 37.0 Å². The molecule has 0 saturated heterocycles. The summed E-state index contributed by atoms with van der Waals surface area (Å²) in [5, 5.41) is 7.68. The number of anilines is 1. The van der Waals surface area contributed by atoms with Crippen molar-refractivity contribution in [2.45, 2.75) is 13.5 Å². The monoisotopic (exact) mass is 215 g/mol. The molecule has 0 aliphatic rings. The summed E-state index contributed by atoms with van der Waals surface area (Å²) >= 11 is 0. The molecule has 0 spiro atoms. The number of hydrogen-bond acceptors (Lipinski definition) is 3. The Bertz CT molecular complexity index is 480. The molecular formula is C13H17N3. The first-order valence-corrected chi connectivity index (χ1v) is 5.62. The van der Waals surface area contributed by atoms with Gasteiger partial charge in [-0.3, -0.25) is 4.98 Å². The maximum absolute atomic E-state index is 4.62. The molecule has 1 heterocycles. The molecule has 0 radical (unpaired) electrons. The van der Waals surface area contributed by atoms with Crippen LogP contribution < -0.4 is 10.6 Å². The van der Waals surface area contributed by atoms with Crippen molar-refractivity contribution in [1.29, 1.82) is 0 Å². The van der Waals surface area contributed by atoms with Gasteiger partial charge in [0.2, 0.25) is 0 Å². The van der Waals surface area contributed by atoms with Crippen LogP contribution in [0, 0.1) is 0 Å². The highest BCUT2D eigenvalue weighted by Gasteiger charge is 2.03. The predicted octanol–water partition coefficient (Wildman–Crippen LogP) is 2.39. The van der Waals surface area contributed by atoms with Crippen LogP contribution in [-0.4, -0.2) is 18.6 Å². The van der Waals surface area contributed by atoms with Gasteiger partial charge in [-0.25, -0.2) is 0 Å². The highest BCUT2D eigenvalue weighted by molar-refractivity contribution is 5.91. The maximum atomic E-state index is 4.62. The van der Waals surface area contributed by atoms with Gasteiger partial charge in [-0.2, -0.15) is 0 Å². The van der Waals surface area contributed by atoms with E-state index in [1.807, 2.05) is 25.2 Å². The third-order valence-corrected chi connectivity index (χ3v) is 2.59. The van der Waals surface area contributed by atoms with Crippen molar-refractivity contribution in [2.75, 3.05) is 18.9 Å². The average Bonchev–Trinajstić information content (AvgIpc) is 2.35. The van der Waals surface area contributed by atoms with E-state index in [4.69, 9.17) is 0 Å². The number of nitrogens with zero attached hydrogens (tertiary/aromatic N) is 1. The van der Waals surface area contributed by atoms with Crippen molar-refractivity contribution in [2.24, 2.45) is 0 Å². The van der Waals surface area contributed by atoms with E-state index >= 15 is 0 Å². The van der Waals surface area contributed by atoms with Gasteiger partial charge in [0.25, 0.3) is 0 Å². The molecule has 2 rings (SSSR count). The van der Waals surface area contributed by atoms with Gasteiger partial charge in [0.15, 0.2) is 0 Å². The van der Waals surface area contributed by atoms with Gasteiger partial charge in [-0.1, -0.05) is 25.1 Å². The quantitative estimate of drug-likeness (QED) is 0.822. The minimum atomic E-state index is 0.815. The zero-order valence-electron chi connectivity index (χ0n) is 9.75. The van der Waals surface area contributed by atoms with E-state index in [0.29, 0.717) is 0 Å². The summed E-state index contributed by atoms with van der Waals surface area (Å²) in [7, 11) is 1.94. The molecule has 1 aromatic carbocycles. The van der Waals surface area contributed by atoms with E-state index in [1.165, 1.54) is 5.39 Å². The van der Waals surface area contributed by atoms with E-state index in [2.05, 4.69) is 34.7 Å². The van der Waals surface area contributed by atoms with Crippen molar-refractivity contribution in [3.05, 3.63) is 36.0 Å². The molecule has 3 nitrogen and oxygen atoms in total. The fourth-order valence-electron chi connectivity index (χ4n) is 1.78. The van der Waals surface area contributed by atoms with Gasteiger partial charge in [-0.05, 0) is 18.7 Å². The first-order valence-electron chi connectivity index (χ1n) is 5.62. The lowest BCUT2D eigenvalue weighted by atomic mass is 10.1. The van der Waals surface area contributed by atoms with Crippen LogP contribution >= 0.6 is 0 Å². The molecule has 0 atom stereocenters. The molecule has 0 bridgehead atoms. The van der Waals surface area contributed by atoms with Crippen molar-refractivity contribution in [3.8, 4) is 0 Å². The second-order valence-electron chi connectivity index (χ2n) is 3.71. The summed E-state index contributed by atoms with van der Waals surface area (Å²) in [6.07, 6.45) is 0. The molecule has 1 aromatic heterocycles. The number of para-hydroxylation sites is 1. The summed E-state index contributed by atoms with van der Waals surface area (Å²) in [6, 6.07) is 10.3. The SMILES string of the molecule is CCNCc1cc(NC)c2ccccc2n1. The number of fused-ring (bicyclic) bond motifs is 1. The average molecular weight is 215 g/mol. The summed E-state index contributed by atoms with van der Waals surface area (Å²) in [5.41, 5.74) is 3.26. The van der Waals surface area contributed by atoms with Crippen molar-refractivity contribution in [3.63, 3.8) is 0 Å². The Kier molecular flexibility index (Phi) is 3.37. The minimum Gasteiger partial charge on any atom is -0.388 e. The fraction of sp³-hybridized carbons (Fsp3) is 0.308. The Morgan fingerprint density at radius 2 is 2.06 bits per heavy atom. The van der Waals surface area contributed by atoms with Crippen LogP contribution in [0.5, 0.6) is 0 Å². The van der Waals surface area contributed by atoms with Crippen LogP contribution in [-0.2, 0) is 6.54 Å². The summed E-state index contributed by atoms with van der Waals surface area (Å²) in [5.74, 6) is 0. The lowest BCUT2D eigenvalue weighted by molar-refractivity contribution is 0.713.